The van der Waals surface area contributed by atoms with E-state index >= 15 is 0 Å². The summed E-state index contributed by atoms with van der Waals surface area (Å²) in [7, 11) is 0. The number of urea groups is 1. The molecular formula is C20H21N3O2. The highest BCUT2D eigenvalue weighted by atomic mass is 16.2. The average molecular weight is 335 g/mol. The van der Waals surface area contributed by atoms with Crippen molar-refractivity contribution in [3.63, 3.8) is 0 Å². The molecule has 1 saturated heterocycles. The van der Waals surface area contributed by atoms with Crippen molar-refractivity contribution in [3.8, 4) is 0 Å². The molecule has 2 fully saturated rings. The van der Waals surface area contributed by atoms with Crippen LogP contribution < -0.4 is 5.32 Å². The number of benzene rings is 2. The number of imide groups is 1. The van der Waals surface area contributed by atoms with Crippen molar-refractivity contribution >= 4 is 28.9 Å². The minimum Gasteiger partial charge on any atom is -0.321 e. The Hall–Kier alpha value is -2.69. The summed E-state index contributed by atoms with van der Waals surface area (Å²) in [5, 5.41) is 10.2. The minimum absolute atomic E-state index is 0.221. The van der Waals surface area contributed by atoms with Gasteiger partial charge in [0.15, 0.2) is 0 Å². The first-order valence-electron chi connectivity index (χ1n) is 8.77. The third-order valence-corrected chi connectivity index (χ3v) is 5.40. The molecule has 0 aromatic heterocycles. The number of fused-ring (bicyclic) bond motifs is 1. The van der Waals surface area contributed by atoms with E-state index < -0.39 is 11.6 Å². The quantitative estimate of drug-likeness (QED) is 0.672. The van der Waals surface area contributed by atoms with E-state index in [1.807, 2.05) is 42.5 Å². The Morgan fingerprint density at radius 3 is 2.64 bits per heavy atom. The first kappa shape index (κ1) is 15.8. The standard InChI is InChI=1S/C20H21N3O2/c1-14-9-11-20(12-10-14)18(24)23(19(25)22-20)21-13-16-7-4-6-15-5-2-3-8-17(15)16/h2-8,13-14H,9-12H2,1H3,(H,22,25)/b21-13+. The monoisotopic (exact) mass is 335 g/mol. The molecule has 2 aromatic carbocycles. The van der Waals surface area contributed by atoms with Gasteiger partial charge in [-0.05, 0) is 42.4 Å². The molecule has 128 valence electrons. The van der Waals surface area contributed by atoms with Crippen molar-refractivity contribution < 1.29 is 9.59 Å². The Kier molecular flexibility index (Phi) is 3.79. The number of hydrogen-bond donors (Lipinski definition) is 1. The summed E-state index contributed by atoms with van der Waals surface area (Å²) < 4.78 is 0. The van der Waals surface area contributed by atoms with E-state index in [4.69, 9.17) is 0 Å². The van der Waals surface area contributed by atoms with E-state index in [2.05, 4.69) is 17.3 Å². The summed E-state index contributed by atoms with van der Waals surface area (Å²) in [4.78, 5) is 25.1. The summed E-state index contributed by atoms with van der Waals surface area (Å²) in [6.07, 6.45) is 4.89. The van der Waals surface area contributed by atoms with Crippen LogP contribution in [-0.2, 0) is 4.79 Å². The van der Waals surface area contributed by atoms with Gasteiger partial charge in [-0.25, -0.2) is 4.79 Å². The molecule has 1 heterocycles. The van der Waals surface area contributed by atoms with Gasteiger partial charge >= 0.3 is 6.03 Å². The molecule has 0 bridgehead atoms. The van der Waals surface area contributed by atoms with Crippen LogP contribution in [0.15, 0.2) is 47.6 Å². The van der Waals surface area contributed by atoms with Crippen LogP contribution in [0, 0.1) is 5.92 Å². The number of hydrogen-bond acceptors (Lipinski definition) is 3. The predicted octanol–water partition coefficient (Wildman–Crippen LogP) is 3.67. The summed E-state index contributed by atoms with van der Waals surface area (Å²) in [6.45, 7) is 2.19. The van der Waals surface area contributed by atoms with E-state index in [0.29, 0.717) is 18.8 Å². The fourth-order valence-corrected chi connectivity index (χ4v) is 3.79. The molecule has 3 amide bonds. The molecule has 0 unspecified atom stereocenters. The van der Waals surface area contributed by atoms with Crippen LogP contribution >= 0.6 is 0 Å². The van der Waals surface area contributed by atoms with Crippen molar-refractivity contribution in [1.82, 2.24) is 10.3 Å². The summed E-state index contributed by atoms with van der Waals surface area (Å²) in [5.41, 5.74) is 0.136. The van der Waals surface area contributed by atoms with Crippen molar-refractivity contribution in [3.05, 3.63) is 48.0 Å². The zero-order valence-corrected chi connectivity index (χ0v) is 14.2. The van der Waals surface area contributed by atoms with Gasteiger partial charge in [0.25, 0.3) is 5.91 Å². The third kappa shape index (κ3) is 2.69. The van der Waals surface area contributed by atoms with Gasteiger partial charge in [-0.15, -0.1) is 5.01 Å². The van der Waals surface area contributed by atoms with Gasteiger partial charge in [0.1, 0.15) is 5.54 Å². The maximum Gasteiger partial charge on any atom is 0.346 e. The van der Waals surface area contributed by atoms with Crippen LogP contribution in [0.25, 0.3) is 10.8 Å². The number of carbonyl (C=O) groups is 2. The van der Waals surface area contributed by atoms with Crippen LogP contribution in [0.3, 0.4) is 0 Å². The normalized spacial score (nSPS) is 26.8. The smallest absolute Gasteiger partial charge is 0.321 e. The molecule has 4 rings (SSSR count). The lowest BCUT2D eigenvalue weighted by Crippen LogP contribution is -2.49. The number of rotatable bonds is 2. The minimum atomic E-state index is -0.750. The number of nitrogens with one attached hydrogen (secondary N) is 1. The average Bonchev–Trinajstić information content (AvgIpc) is 2.86. The number of hydrazone groups is 1. The van der Waals surface area contributed by atoms with E-state index in [-0.39, 0.29) is 5.91 Å². The van der Waals surface area contributed by atoms with Crippen molar-refractivity contribution in [2.24, 2.45) is 11.0 Å². The number of nitrogens with zero attached hydrogens (tertiary/aromatic N) is 2. The topological polar surface area (TPSA) is 61.8 Å². The molecule has 0 atom stereocenters. The van der Waals surface area contributed by atoms with Crippen LogP contribution in [0.5, 0.6) is 0 Å². The van der Waals surface area contributed by atoms with Gasteiger partial charge in [-0.3, -0.25) is 4.79 Å². The molecule has 5 nitrogen and oxygen atoms in total. The molecule has 2 aromatic rings. The summed E-state index contributed by atoms with van der Waals surface area (Å²) in [6, 6.07) is 13.5. The molecule has 1 aliphatic heterocycles. The zero-order valence-electron chi connectivity index (χ0n) is 14.2. The third-order valence-electron chi connectivity index (χ3n) is 5.40. The maximum atomic E-state index is 12.8. The van der Waals surface area contributed by atoms with Crippen molar-refractivity contribution in [1.29, 1.82) is 0 Å². The summed E-state index contributed by atoms with van der Waals surface area (Å²) in [5.74, 6) is 0.379. The van der Waals surface area contributed by atoms with Crippen LogP contribution in [0.4, 0.5) is 4.79 Å². The van der Waals surface area contributed by atoms with Gasteiger partial charge in [-0.2, -0.15) is 5.10 Å². The first-order valence-corrected chi connectivity index (χ1v) is 8.77. The predicted molar refractivity (Wildman–Crippen MR) is 97.3 cm³/mol. The number of carbonyl (C=O) groups excluding carboxylic acids is 2. The maximum absolute atomic E-state index is 12.8. The Balaban J connectivity index is 1.61. The van der Waals surface area contributed by atoms with Crippen LogP contribution in [-0.4, -0.2) is 28.7 Å². The second-order valence-corrected chi connectivity index (χ2v) is 7.12. The van der Waals surface area contributed by atoms with E-state index in [0.717, 1.165) is 34.2 Å². The zero-order chi connectivity index (χ0) is 17.4. The SMILES string of the molecule is CC1CCC2(CC1)NC(=O)N(/N=C/c1cccc3ccccc13)C2=O. The Bertz CT molecular complexity index is 861. The van der Waals surface area contributed by atoms with Gasteiger partial charge in [0, 0.05) is 5.56 Å². The second-order valence-electron chi connectivity index (χ2n) is 7.12. The van der Waals surface area contributed by atoms with Crippen molar-refractivity contribution in [2.75, 3.05) is 0 Å². The van der Waals surface area contributed by atoms with Crippen LogP contribution in [0.1, 0.15) is 38.2 Å². The lowest BCUT2D eigenvalue weighted by molar-refractivity contribution is -0.132. The summed E-state index contributed by atoms with van der Waals surface area (Å²) >= 11 is 0. The highest BCUT2D eigenvalue weighted by molar-refractivity contribution is 6.08. The highest BCUT2D eigenvalue weighted by Gasteiger charge is 2.52. The Morgan fingerprint density at radius 2 is 1.84 bits per heavy atom. The molecule has 2 aliphatic rings. The van der Waals surface area contributed by atoms with E-state index in [1.165, 1.54) is 0 Å². The van der Waals surface area contributed by atoms with Gasteiger partial charge in [0.2, 0.25) is 0 Å². The van der Waals surface area contributed by atoms with Gasteiger partial charge in [0.05, 0.1) is 6.21 Å². The van der Waals surface area contributed by atoms with Gasteiger partial charge in [-0.1, -0.05) is 49.4 Å². The molecular weight excluding hydrogens is 314 g/mol. The fourth-order valence-electron chi connectivity index (χ4n) is 3.79. The highest BCUT2D eigenvalue weighted by Crippen LogP contribution is 2.36. The molecule has 1 saturated carbocycles. The van der Waals surface area contributed by atoms with Gasteiger partial charge < -0.3 is 5.32 Å². The number of amides is 3. The fraction of sp³-hybridized carbons (Fsp3) is 0.350. The largest absolute Gasteiger partial charge is 0.346 e. The van der Waals surface area contributed by atoms with Crippen molar-refractivity contribution in [2.45, 2.75) is 38.1 Å². The molecule has 1 N–H and O–H groups in total. The van der Waals surface area contributed by atoms with E-state index in [9.17, 15) is 9.59 Å². The lowest BCUT2D eigenvalue weighted by atomic mass is 9.77. The molecule has 1 aliphatic carbocycles. The lowest BCUT2D eigenvalue weighted by Gasteiger charge is -2.33. The Labute approximate surface area is 146 Å². The molecule has 5 heteroatoms. The molecule has 25 heavy (non-hydrogen) atoms. The first-order chi connectivity index (χ1) is 12.1. The van der Waals surface area contributed by atoms with E-state index in [1.54, 1.807) is 6.21 Å². The van der Waals surface area contributed by atoms with Crippen LogP contribution in [0.2, 0.25) is 0 Å². The Morgan fingerprint density at radius 1 is 1.12 bits per heavy atom. The molecule has 1 spiro atoms. The molecule has 0 radical (unpaired) electrons. The second kappa shape index (κ2) is 5.99.